The van der Waals surface area contributed by atoms with Crippen molar-refractivity contribution in [2.45, 2.75) is 26.4 Å². The van der Waals surface area contributed by atoms with Gasteiger partial charge in [-0.1, -0.05) is 6.92 Å². The number of benzene rings is 2. The highest BCUT2D eigenvalue weighted by Crippen LogP contribution is 2.30. The summed E-state index contributed by atoms with van der Waals surface area (Å²) in [6, 6.07) is 10.1. The molecule has 0 saturated heterocycles. The zero-order valence-electron chi connectivity index (χ0n) is 19.1. The van der Waals surface area contributed by atoms with E-state index in [9.17, 15) is 18.0 Å². The molecular formula is C25H26F3N3O3. The second-order valence-electron chi connectivity index (χ2n) is 8.17. The summed E-state index contributed by atoms with van der Waals surface area (Å²) in [6.45, 7) is 3.93. The van der Waals surface area contributed by atoms with Gasteiger partial charge in [-0.3, -0.25) is 9.79 Å². The molecule has 0 bridgehead atoms. The Balaban J connectivity index is 1.70. The largest absolute Gasteiger partial charge is 0.493 e. The average Bonchev–Trinajstić information content (AvgIpc) is 3.06. The lowest BCUT2D eigenvalue weighted by Crippen LogP contribution is -2.15. The fraction of sp³-hybridized carbons (Fsp3) is 0.280. The van der Waals surface area contributed by atoms with E-state index in [0.29, 0.717) is 29.3 Å². The number of hydrogen-bond acceptors (Lipinski definition) is 4. The normalized spacial score (nSPS) is 13.8. The van der Waals surface area contributed by atoms with Gasteiger partial charge in [0, 0.05) is 42.5 Å². The summed E-state index contributed by atoms with van der Waals surface area (Å²) in [4.78, 5) is 15.3. The van der Waals surface area contributed by atoms with Gasteiger partial charge in [0.2, 0.25) is 0 Å². The molecule has 1 atom stereocenters. The number of ether oxygens (including phenoxy) is 1. The lowest BCUT2D eigenvalue weighted by Gasteiger charge is -2.16. The molecule has 0 fully saturated rings. The summed E-state index contributed by atoms with van der Waals surface area (Å²) in [5.41, 5.74) is 8.50. The summed E-state index contributed by atoms with van der Waals surface area (Å²) < 4.78 is 46.0. The molecule has 180 valence electrons. The summed E-state index contributed by atoms with van der Waals surface area (Å²) in [6.07, 6.45) is -1.11. The summed E-state index contributed by atoms with van der Waals surface area (Å²) >= 11 is 0. The molecule has 6 nitrogen and oxygen atoms in total. The first-order chi connectivity index (χ1) is 16.0. The molecule has 0 amide bonds. The van der Waals surface area contributed by atoms with Gasteiger partial charge in [0.05, 0.1) is 29.8 Å². The van der Waals surface area contributed by atoms with Crippen LogP contribution in [0.1, 0.15) is 25.0 Å². The minimum atomic E-state index is -4.40. The molecular weight excluding hydrogens is 447 g/mol. The maximum absolute atomic E-state index is 12.7. The van der Waals surface area contributed by atoms with Gasteiger partial charge < -0.3 is 20.1 Å². The molecule has 1 heterocycles. The number of carboxylic acid groups (broad SMARTS) is 1. The third-order valence-corrected chi connectivity index (χ3v) is 5.42. The fourth-order valence-electron chi connectivity index (χ4n) is 3.65. The number of aliphatic imine (C=N–C) groups is 1. The van der Waals surface area contributed by atoms with Gasteiger partial charge in [-0.25, -0.2) is 0 Å². The molecule has 34 heavy (non-hydrogen) atoms. The van der Waals surface area contributed by atoms with E-state index in [4.69, 9.17) is 15.6 Å². The van der Waals surface area contributed by atoms with E-state index in [1.54, 1.807) is 25.4 Å². The number of alkyl halides is 3. The van der Waals surface area contributed by atoms with E-state index >= 15 is 0 Å². The van der Waals surface area contributed by atoms with E-state index in [1.807, 2.05) is 30.7 Å². The molecule has 3 N–H and O–H groups in total. The van der Waals surface area contributed by atoms with Crippen LogP contribution in [-0.2, 0) is 24.4 Å². The number of nitrogens with zero attached hydrogens (tertiary/aromatic N) is 2. The lowest BCUT2D eigenvalue weighted by molar-refractivity contribution is -0.138. The van der Waals surface area contributed by atoms with Crippen LogP contribution in [0, 0.1) is 5.92 Å². The number of allylic oxidation sites excluding steroid dienone is 1. The van der Waals surface area contributed by atoms with E-state index in [1.165, 1.54) is 12.1 Å². The number of carbonyl (C=O) groups is 1. The Kier molecular flexibility index (Phi) is 7.34. The van der Waals surface area contributed by atoms with Crippen molar-refractivity contribution in [1.82, 2.24) is 4.57 Å². The van der Waals surface area contributed by atoms with Gasteiger partial charge in [0.15, 0.2) is 0 Å². The number of aryl methyl sites for hydroxylation is 1. The maximum atomic E-state index is 12.7. The molecule has 0 radical (unpaired) electrons. The van der Waals surface area contributed by atoms with E-state index in [-0.39, 0.29) is 12.3 Å². The van der Waals surface area contributed by atoms with Crippen LogP contribution in [0.5, 0.6) is 5.75 Å². The molecule has 0 spiro atoms. The van der Waals surface area contributed by atoms with Crippen molar-refractivity contribution in [3.8, 4) is 5.75 Å². The Labute approximate surface area is 195 Å². The molecule has 0 aliphatic rings. The standard InChI is InChI=1S/C25H26F3N3O3/c1-15(22(16(2)29)12-30-19-6-4-18(5-7-19)25(26,27)28)14-34-20-8-9-21-17(10-24(32)33)13-31(3)23(21)11-20/h4-9,11-13,15H,10,14,29H2,1-3H3,(H,32,33)/t15-/m1/s1. The minimum absolute atomic E-state index is 0.0588. The summed E-state index contributed by atoms with van der Waals surface area (Å²) in [5, 5.41) is 9.94. The topological polar surface area (TPSA) is 89.8 Å². The highest BCUT2D eigenvalue weighted by molar-refractivity contribution is 5.88. The molecule has 9 heteroatoms. The number of aromatic nitrogens is 1. The number of hydrogen-bond donors (Lipinski definition) is 2. The first-order valence-electron chi connectivity index (χ1n) is 10.6. The van der Waals surface area contributed by atoms with Crippen molar-refractivity contribution >= 4 is 28.8 Å². The predicted octanol–water partition coefficient (Wildman–Crippen LogP) is 5.47. The van der Waals surface area contributed by atoms with Gasteiger partial charge in [-0.2, -0.15) is 13.2 Å². The Hall–Kier alpha value is -3.75. The second-order valence-corrected chi connectivity index (χ2v) is 8.17. The van der Waals surface area contributed by atoms with Crippen LogP contribution in [-0.4, -0.2) is 28.5 Å². The Bertz CT molecular complexity index is 1240. The molecule has 3 aromatic rings. The molecule has 1 aromatic heterocycles. The van der Waals surface area contributed by atoms with Crippen molar-refractivity contribution in [1.29, 1.82) is 0 Å². The fourth-order valence-corrected chi connectivity index (χ4v) is 3.65. The number of fused-ring (bicyclic) bond motifs is 1. The molecule has 0 unspecified atom stereocenters. The maximum Gasteiger partial charge on any atom is 0.416 e. The first kappa shape index (κ1) is 24.9. The number of halogens is 3. The third-order valence-electron chi connectivity index (χ3n) is 5.42. The van der Waals surface area contributed by atoms with Gasteiger partial charge in [-0.15, -0.1) is 0 Å². The minimum Gasteiger partial charge on any atom is -0.493 e. The predicted molar refractivity (Wildman–Crippen MR) is 125 cm³/mol. The van der Waals surface area contributed by atoms with Gasteiger partial charge in [0.25, 0.3) is 0 Å². The van der Waals surface area contributed by atoms with Crippen molar-refractivity contribution in [3.05, 3.63) is 71.1 Å². The van der Waals surface area contributed by atoms with Crippen LogP contribution >= 0.6 is 0 Å². The quantitative estimate of drug-likeness (QED) is 0.424. The van der Waals surface area contributed by atoms with E-state index in [2.05, 4.69) is 4.99 Å². The van der Waals surface area contributed by atoms with Gasteiger partial charge >= 0.3 is 12.1 Å². The smallest absolute Gasteiger partial charge is 0.416 e. The second kappa shape index (κ2) is 10.0. The Morgan fingerprint density at radius 3 is 2.50 bits per heavy atom. The highest BCUT2D eigenvalue weighted by Gasteiger charge is 2.29. The van der Waals surface area contributed by atoms with Crippen LogP contribution < -0.4 is 10.5 Å². The average molecular weight is 473 g/mol. The number of carboxylic acids is 1. The van der Waals surface area contributed by atoms with Crippen LogP contribution in [0.25, 0.3) is 10.9 Å². The summed E-state index contributed by atoms with van der Waals surface area (Å²) in [7, 11) is 1.84. The van der Waals surface area contributed by atoms with Crippen LogP contribution in [0.4, 0.5) is 18.9 Å². The Morgan fingerprint density at radius 1 is 1.24 bits per heavy atom. The monoisotopic (exact) mass is 473 g/mol. The number of nitrogens with two attached hydrogens (primary N) is 1. The number of rotatable bonds is 8. The zero-order valence-corrected chi connectivity index (χ0v) is 19.1. The lowest BCUT2D eigenvalue weighted by atomic mass is 10.0. The van der Waals surface area contributed by atoms with Gasteiger partial charge in [-0.05, 0) is 54.5 Å². The third kappa shape index (κ3) is 5.98. The highest BCUT2D eigenvalue weighted by atomic mass is 19.4. The molecule has 0 aliphatic heterocycles. The van der Waals surface area contributed by atoms with Crippen LogP contribution in [0.2, 0.25) is 0 Å². The van der Waals surface area contributed by atoms with Crippen LogP contribution in [0.3, 0.4) is 0 Å². The van der Waals surface area contributed by atoms with Crippen molar-refractivity contribution in [2.75, 3.05) is 6.61 Å². The van der Waals surface area contributed by atoms with Crippen molar-refractivity contribution in [3.63, 3.8) is 0 Å². The molecule has 0 aliphatic carbocycles. The summed E-state index contributed by atoms with van der Waals surface area (Å²) in [5.74, 6) is -0.415. The Morgan fingerprint density at radius 2 is 1.91 bits per heavy atom. The van der Waals surface area contributed by atoms with E-state index < -0.39 is 17.7 Å². The zero-order chi connectivity index (χ0) is 25.0. The van der Waals surface area contributed by atoms with Crippen molar-refractivity contribution in [2.24, 2.45) is 23.7 Å². The first-order valence-corrected chi connectivity index (χ1v) is 10.6. The van der Waals surface area contributed by atoms with Gasteiger partial charge in [0.1, 0.15) is 5.75 Å². The number of aliphatic carboxylic acids is 1. The molecule has 0 saturated carbocycles. The SMILES string of the molecule is CC(N)=C(C=Nc1ccc(C(F)(F)F)cc1)[C@H](C)COc1ccc2c(CC(=O)O)cn(C)c2c1. The van der Waals surface area contributed by atoms with Crippen molar-refractivity contribution < 1.29 is 27.8 Å². The van der Waals surface area contributed by atoms with Crippen LogP contribution in [0.15, 0.2) is 64.9 Å². The molecule has 3 rings (SSSR count). The van der Waals surface area contributed by atoms with E-state index in [0.717, 1.165) is 28.6 Å². The molecule has 2 aromatic carbocycles.